The Labute approximate surface area is 134 Å². The maximum absolute atomic E-state index is 5.87. The molecule has 0 amide bonds. The van der Waals surface area contributed by atoms with E-state index < -0.39 is 0 Å². The van der Waals surface area contributed by atoms with E-state index in [1.54, 1.807) is 0 Å². The average Bonchev–Trinajstić information content (AvgIpc) is 2.55. The molecule has 0 heterocycles. The zero-order valence-corrected chi connectivity index (χ0v) is 13.7. The molecule has 0 aromatic heterocycles. The third kappa shape index (κ3) is 3.91. The summed E-state index contributed by atoms with van der Waals surface area (Å²) in [4.78, 5) is 0. The van der Waals surface area contributed by atoms with Gasteiger partial charge in [0.1, 0.15) is 12.4 Å². The van der Waals surface area contributed by atoms with Gasteiger partial charge in [-0.05, 0) is 60.3 Å². The fourth-order valence-electron chi connectivity index (χ4n) is 3.31. The topological polar surface area (TPSA) is 9.23 Å². The molecule has 2 aromatic rings. The summed E-state index contributed by atoms with van der Waals surface area (Å²) in [7, 11) is 0. The molecule has 1 saturated carbocycles. The van der Waals surface area contributed by atoms with Crippen LogP contribution in [0, 0.1) is 5.41 Å². The Morgan fingerprint density at radius 3 is 2.18 bits per heavy atom. The van der Waals surface area contributed by atoms with Gasteiger partial charge in [-0.3, -0.25) is 0 Å². The highest BCUT2D eigenvalue weighted by atomic mass is 16.5. The average molecular weight is 294 g/mol. The molecule has 1 aliphatic rings. The molecule has 22 heavy (non-hydrogen) atoms. The molecule has 3 rings (SSSR count). The molecule has 0 spiro atoms. The lowest BCUT2D eigenvalue weighted by molar-refractivity contribution is 0.224. The van der Waals surface area contributed by atoms with Crippen LogP contribution in [0.4, 0.5) is 0 Å². The van der Waals surface area contributed by atoms with Crippen LogP contribution in [0.3, 0.4) is 0 Å². The van der Waals surface area contributed by atoms with Gasteiger partial charge in [-0.15, -0.1) is 0 Å². The number of ether oxygens (including phenoxy) is 1. The van der Waals surface area contributed by atoms with E-state index in [0.29, 0.717) is 12.0 Å². The standard InChI is InChI=1S/C21H26O/c1-21(2)14-12-19(13-15-21)18-8-10-20(11-9-18)22-16-17-6-4-3-5-7-17/h3-11,19H,12-16H2,1-2H3. The number of benzene rings is 2. The van der Waals surface area contributed by atoms with Crippen molar-refractivity contribution in [3.63, 3.8) is 0 Å². The number of rotatable bonds is 4. The van der Waals surface area contributed by atoms with E-state index >= 15 is 0 Å². The normalized spacial score (nSPS) is 18.1. The minimum atomic E-state index is 0.537. The van der Waals surface area contributed by atoms with Crippen LogP contribution in [0.25, 0.3) is 0 Å². The van der Waals surface area contributed by atoms with Crippen molar-refractivity contribution >= 4 is 0 Å². The second kappa shape index (κ2) is 6.56. The molecule has 0 saturated heterocycles. The molecule has 0 radical (unpaired) electrons. The van der Waals surface area contributed by atoms with Crippen LogP contribution in [0.1, 0.15) is 56.6 Å². The summed E-state index contributed by atoms with van der Waals surface area (Å²) in [6.07, 6.45) is 5.31. The van der Waals surface area contributed by atoms with Gasteiger partial charge in [0.15, 0.2) is 0 Å². The highest BCUT2D eigenvalue weighted by Crippen LogP contribution is 2.42. The maximum Gasteiger partial charge on any atom is 0.119 e. The third-order valence-corrected chi connectivity index (χ3v) is 4.94. The maximum atomic E-state index is 5.87. The molecule has 0 atom stereocenters. The summed E-state index contributed by atoms with van der Waals surface area (Å²) in [5.41, 5.74) is 3.22. The van der Waals surface area contributed by atoms with Crippen molar-refractivity contribution in [3.05, 3.63) is 65.7 Å². The lowest BCUT2D eigenvalue weighted by Gasteiger charge is -2.34. The Kier molecular flexibility index (Phi) is 4.52. The first-order valence-corrected chi connectivity index (χ1v) is 8.39. The zero-order chi connectivity index (χ0) is 15.4. The lowest BCUT2D eigenvalue weighted by Crippen LogP contribution is -2.20. The predicted molar refractivity (Wildman–Crippen MR) is 92.2 cm³/mol. The molecular weight excluding hydrogens is 268 g/mol. The van der Waals surface area contributed by atoms with E-state index in [4.69, 9.17) is 4.74 Å². The highest BCUT2D eigenvalue weighted by molar-refractivity contribution is 5.30. The Morgan fingerprint density at radius 1 is 0.909 bits per heavy atom. The fourth-order valence-corrected chi connectivity index (χ4v) is 3.31. The first kappa shape index (κ1) is 15.1. The Balaban J connectivity index is 1.56. The van der Waals surface area contributed by atoms with E-state index in [1.807, 2.05) is 18.2 Å². The van der Waals surface area contributed by atoms with Crippen LogP contribution in [0.15, 0.2) is 54.6 Å². The van der Waals surface area contributed by atoms with Crippen molar-refractivity contribution in [2.24, 2.45) is 5.41 Å². The first-order chi connectivity index (χ1) is 10.6. The second-order valence-corrected chi connectivity index (χ2v) is 7.28. The zero-order valence-electron chi connectivity index (χ0n) is 13.7. The van der Waals surface area contributed by atoms with Gasteiger partial charge < -0.3 is 4.74 Å². The van der Waals surface area contributed by atoms with Gasteiger partial charge >= 0.3 is 0 Å². The van der Waals surface area contributed by atoms with Crippen LogP contribution >= 0.6 is 0 Å². The molecule has 0 aliphatic heterocycles. The molecule has 1 fully saturated rings. The molecule has 0 N–H and O–H groups in total. The summed E-state index contributed by atoms with van der Waals surface area (Å²) in [5, 5.41) is 0. The van der Waals surface area contributed by atoms with Crippen molar-refractivity contribution in [2.75, 3.05) is 0 Å². The molecular formula is C21H26O. The largest absolute Gasteiger partial charge is 0.489 e. The Hall–Kier alpha value is -1.76. The Morgan fingerprint density at radius 2 is 1.55 bits per heavy atom. The summed E-state index contributed by atoms with van der Waals surface area (Å²) >= 11 is 0. The van der Waals surface area contributed by atoms with Crippen molar-refractivity contribution in [1.82, 2.24) is 0 Å². The van der Waals surface area contributed by atoms with Gasteiger partial charge in [0.05, 0.1) is 0 Å². The van der Waals surface area contributed by atoms with Crippen LogP contribution in [-0.4, -0.2) is 0 Å². The van der Waals surface area contributed by atoms with Gasteiger partial charge in [0.25, 0.3) is 0 Å². The van der Waals surface area contributed by atoms with Crippen LogP contribution in [-0.2, 0) is 6.61 Å². The number of hydrogen-bond acceptors (Lipinski definition) is 1. The van der Waals surface area contributed by atoms with Crippen molar-refractivity contribution < 1.29 is 4.74 Å². The van der Waals surface area contributed by atoms with Gasteiger partial charge in [-0.25, -0.2) is 0 Å². The quantitative estimate of drug-likeness (QED) is 0.677. The Bertz CT molecular complexity index is 573. The predicted octanol–water partition coefficient (Wildman–Crippen LogP) is 5.95. The smallest absolute Gasteiger partial charge is 0.119 e. The van der Waals surface area contributed by atoms with Crippen LogP contribution in [0.5, 0.6) is 5.75 Å². The monoisotopic (exact) mass is 294 g/mol. The summed E-state index contributed by atoms with van der Waals surface area (Å²) in [5.74, 6) is 1.69. The lowest BCUT2D eigenvalue weighted by atomic mass is 9.71. The molecule has 116 valence electrons. The molecule has 1 aliphatic carbocycles. The molecule has 0 bridgehead atoms. The first-order valence-electron chi connectivity index (χ1n) is 8.39. The summed E-state index contributed by atoms with van der Waals surface area (Å²) in [6.45, 7) is 5.42. The second-order valence-electron chi connectivity index (χ2n) is 7.28. The summed E-state index contributed by atoms with van der Waals surface area (Å²) < 4.78 is 5.87. The van der Waals surface area contributed by atoms with E-state index in [-0.39, 0.29) is 0 Å². The van der Waals surface area contributed by atoms with Crippen molar-refractivity contribution in [1.29, 1.82) is 0 Å². The number of hydrogen-bond donors (Lipinski definition) is 0. The third-order valence-electron chi connectivity index (χ3n) is 4.94. The minimum Gasteiger partial charge on any atom is -0.489 e. The SMILES string of the molecule is CC1(C)CCC(c2ccc(OCc3ccccc3)cc2)CC1. The molecule has 1 heteroatoms. The van der Waals surface area contributed by atoms with Crippen LogP contribution in [0.2, 0.25) is 0 Å². The van der Waals surface area contributed by atoms with E-state index in [9.17, 15) is 0 Å². The molecule has 2 aromatic carbocycles. The van der Waals surface area contributed by atoms with Crippen LogP contribution < -0.4 is 4.74 Å². The highest BCUT2D eigenvalue weighted by Gasteiger charge is 2.27. The van der Waals surface area contributed by atoms with Gasteiger partial charge in [-0.1, -0.05) is 56.3 Å². The minimum absolute atomic E-state index is 0.537. The van der Waals surface area contributed by atoms with Gasteiger partial charge in [-0.2, -0.15) is 0 Å². The van der Waals surface area contributed by atoms with E-state index in [0.717, 1.165) is 11.7 Å². The fraction of sp³-hybridized carbons (Fsp3) is 0.429. The molecule has 0 unspecified atom stereocenters. The van der Waals surface area contributed by atoms with Crippen molar-refractivity contribution in [2.45, 2.75) is 52.1 Å². The van der Waals surface area contributed by atoms with E-state index in [1.165, 1.54) is 36.8 Å². The van der Waals surface area contributed by atoms with E-state index in [2.05, 4.69) is 50.2 Å². The van der Waals surface area contributed by atoms with Gasteiger partial charge in [0.2, 0.25) is 0 Å². The molecule has 1 nitrogen and oxygen atoms in total. The summed E-state index contributed by atoms with van der Waals surface area (Å²) in [6, 6.07) is 19.1. The van der Waals surface area contributed by atoms with Gasteiger partial charge in [0, 0.05) is 0 Å². The van der Waals surface area contributed by atoms with Crippen molar-refractivity contribution in [3.8, 4) is 5.75 Å².